The van der Waals surface area contributed by atoms with E-state index in [-0.39, 0.29) is 0 Å². The molecule has 1 aromatic heterocycles. The summed E-state index contributed by atoms with van der Waals surface area (Å²) in [4.78, 5) is 17.0. The normalized spacial score (nSPS) is 18.7. The van der Waals surface area contributed by atoms with E-state index in [1.807, 2.05) is 19.4 Å². The summed E-state index contributed by atoms with van der Waals surface area (Å²) in [5.74, 6) is 2.42. The van der Waals surface area contributed by atoms with Gasteiger partial charge in [-0.1, -0.05) is 13.0 Å². The molecule has 2 N–H and O–H groups in total. The lowest BCUT2D eigenvalue weighted by Crippen LogP contribution is -2.52. The van der Waals surface area contributed by atoms with E-state index in [4.69, 9.17) is 9.72 Å². The Bertz CT molecular complexity index is 1560. The van der Waals surface area contributed by atoms with Gasteiger partial charge in [0.1, 0.15) is 18.7 Å². The summed E-state index contributed by atoms with van der Waals surface area (Å²) in [6, 6.07) is 11.3. The van der Waals surface area contributed by atoms with Gasteiger partial charge in [0, 0.05) is 68.6 Å². The van der Waals surface area contributed by atoms with Crippen LogP contribution in [0.4, 0.5) is 28.8 Å². The van der Waals surface area contributed by atoms with E-state index in [0.29, 0.717) is 23.7 Å². The molecule has 0 spiro atoms. The number of halogens is 1. The smallest absolute Gasteiger partial charge is 0.229 e. The number of hydrogen-bond donors (Lipinski definition) is 2. The van der Waals surface area contributed by atoms with Crippen molar-refractivity contribution in [1.82, 2.24) is 19.8 Å². The molecule has 9 nitrogen and oxygen atoms in total. The molecule has 2 saturated heterocycles. The van der Waals surface area contributed by atoms with Gasteiger partial charge in [0.2, 0.25) is 5.95 Å². The highest BCUT2D eigenvalue weighted by Crippen LogP contribution is 2.44. The minimum absolute atomic E-state index is 0.453. The van der Waals surface area contributed by atoms with Gasteiger partial charge in [-0.05, 0) is 104 Å². The first-order valence-electron chi connectivity index (χ1n) is 16.3. The van der Waals surface area contributed by atoms with Crippen LogP contribution in [0.25, 0.3) is 0 Å². The average molecular weight is 697 g/mol. The number of methoxy groups -OCH3 is 1. The first-order chi connectivity index (χ1) is 21.6. The largest absolute Gasteiger partial charge is 0.494 e. The minimum atomic E-state index is -2.52. The molecule has 2 aliphatic heterocycles. The minimum Gasteiger partial charge on any atom is -0.494 e. The van der Waals surface area contributed by atoms with Crippen LogP contribution in [0, 0.1) is 0 Å². The van der Waals surface area contributed by atoms with Gasteiger partial charge in [-0.15, -0.1) is 0 Å². The molecular formula is C34H47BrN7O2P. The fourth-order valence-corrected chi connectivity index (χ4v) is 8.11. The van der Waals surface area contributed by atoms with Gasteiger partial charge in [-0.25, -0.2) is 4.98 Å². The maximum absolute atomic E-state index is 13.3. The van der Waals surface area contributed by atoms with Gasteiger partial charge < -0.3 is 29.7 Å². The van der Waals surface area contributed by atoms with Crippen molar-refractivity contribution in [2.24, 2.45) is 0 Å². The highest BCUT2D eigenvalue weighted by molar-refractivity contribution is 9.10. The van der Waals surface area contributed by atoms with Crippen LogP contribution in [0.2, 0.25) is 0 Å². The molecule has 3 aliphatic rings. The number of piperazine rings is 1. The molecule has 0 amide bonds. The third-order valence-electron chi connectivity index (χ3n) is 9.54. The molecule has 1 saturated carbocycles. The maximum Gasteiger partial charge on any atom is 0.229 e. The molecule has 3 fully saturated rings. The average Bonchev–Trinajstić information content (AvgIpc) is 3.88. The summed E-state index contributed by atoms with van der Waals surface area (Å²) < 4.78 is 19.9. The van der Waals surface area contributed by atoms with Crippen LogP contribution in [0.5, 0.6) is 5.75 Å². The van der Waals surface area contributed by atoms with Crippen molar-refractivity contribution < 1.29 is 9.30 Å². The Morgan fingerprint density at radius 2 is 1.71 bits per heavy atom. The lowest BCUT2D eigenvalue weighted by molar-refractivity contribution is 0.0982. The van der Waals surface area contributed by atoms with Crippen LogP contribution < -0.4 is 25.6 Å². The van der Waals surface area contributed by atoms with Gasteiger partial charge in [0.15, 0.2) is 0 Å². The quantitative estimate of drug-likeness (QED) is 0.227. The van der Waals surface area contributed by atoms with Crippen LogP contribution >= 0.6 is 23.1 Å². The monoisotopic (exact) mass is 695 g/mol. The van der Waals surface area contributed by atoms with Crippen molar-refractivity contribution in [3.05, 3.63) is 52.1 Å². The molecule has 2 aromatic carbocycles. The number of likely N-dealkylation sites (N-methyl/N-ethyl adjacent to an activating group) is 1. The lowest BCUT2D eigenvalue weighted by atomic mass is 9.99. The highest BCUT2D eigenvalue weighted by atomic mass is 79.9. The Morgan fingerprint density at radius 3 is 2.36 bits per heavy atom. The fraction of sp³-hybridized carbons (Fsp3) is 0.529. The number of piperidine rings is 1. The Hall–Kier alpha value is -2.65. The second kappa shape index (κ2) is 13.6. The second-order valence-electron chi connectivity index (χ2n) is 13.1. The molecule has 11 heteroatoms. The topological polar surface area (TPSA) is 85.9 Å². The Kier molecular flexibility index (Phi) is 9.76. The van der Waals surface area contributed by atoms with Crippen molar-refractivity contribution >= 4 is 57.2 Å². The number of anilines is 5. The standard InChI is InChI=1S/C34H47BrN7O2P/c1-6-23-19-29(31(44-3)21-30(23)42-13-11-26(12-14-42)41-17-15-40(2)16-18-41)38-34-36-22-27(35)33(39-34)37-28-10-9-25(24-7-8-24)20-32(28)45(4,5)43/h9-10,19-22,24,26H,6-8,11-18H2,1-5H3,(H2,36,37,38,39). The highest BCUT2D eigenvalue weighted by Gasteiger charge is 2.29. The molecule has 242 valence electrons. The predicted octanol–water partition coefficient (Wildman–Crippen LogP) is 6.64. The summed E-state index contributed by atoms with van der Waals surface area (Å²) >= 11 is 3.61. The molecule has 45 heavy (non-hydrogen) atoms. The molecule has 1 aliphatic carbocycles. The van der Waals surface area contributed by atoms with E-state index < -0.39 is 7.14 Å². The molecule has 0 unspecified atom stereocenters. The van der Waals surface area contributed by atoms with Crippen LogP contribution in [0.3, 0.4) is 0 Å². The van der Waals surface area contributed by atoms with Crippen LogP contribution in [-0.4, -0.2) is 92.6 Å². The number of rotatable bonds is 10. The van der Waals surface area contributed by atoms with Gasteiger partial charge in [0.05, 0.1) is 23.0 Å². The number of aryl methyl sites for hydroxylation is 1. The predicted molar refractivity (Wildman–Crippen MR) is 190 cm³/mol. The zero-order valence-electron chi connectivity index (χ0n) is 27.3. The number of nitrogens with one attached hydrogen (secondary N) is 2. The van der Waals surface area contributed by atoms with E-state index in [9.17, 15) is 4.57 Å². The third-order valence-corrected chi connectivity index (χ3v) is 11.6. The summed E-state index contributed by atoms with van der Waals surface area (Å²) in [7, 11) is 1.41. The van der Waals surface area contributed by atoms with E-state index >= 15 is 0 Å². The Morgan fingerprint density at radius 1 is 0.978 bits per heavy atom. The molecule has 3 heterocycles. The van der Waals surface area contributed by atoms with Crippen molar-refractivity contribution in [3.63, 3.8) is 0 Å². The van der Waals surface area contributed by atoms with E-state index in [0.717, 1.165) is 46.4 Å². The Labute approximate surface area is 276 Å². The van der Waals surface area contributed by atoms with Crippen LogP contribution in [0.1, 0.15) is 49.7 Å². The van der Waals surface area contributed by atoms with Gasteiger partial charge in [-0.3, -0.25) is 4.90 Å². The van der Waals surface area contributed by atoms with E-state index in [1.54, 1.807) is 13.3 Å². The van der Waals surface area contributed by atoms with Crippen molar-refractivity contribution in [2.45, 2.75) is 51.0 Å². The molecular weight excluding hydrogens is 649 g/mol. The zero-order valence-corrected chi connectivity index (χ0v) is 29.8. The summed E-state index contributed by atoms with van der Waals surface area (Å²) in [5, 5.41) is 7.71. The number of aromatic nitrogens is 2. The zero-order chi connectivity index (χ0) is 31.7. The fourth-order valence-electron chi connectivity index (χ4n) is 6.65. The van der Waals surface area contributed by atoms with Crippen molar-refractivity contribution in [2.75, 3.05) is 82.3 Å². The molecule has 0 atom stereocenters. The maximum atomic E-state index is 13.3. The first kappa shape index (κ1) is 32.3. The van der Waals surface area contributed by atoms with Gasteiger partial charge in [0.25, 0.3) is 0 Å². The van der Waals surface area contributed by atoms with E-state index in [1.165, 1.54) is 68.7 Å². The molecule has 0 radical (unpaired) electrons. The van der Waals surface area contributed by atoms with Crippen molar-refractivity contribution in [1.29, 1.82) is 0 Å². The van der Waals surface area contributed by atoms with Crippen LogP contribution in [-0.2, 0) is 11.0 Å². The summed E-state index contributed by atoms with van der Waals surface area (Å²) in [6.45, 7) is 12.6. The lowest BCUT2D eigenvalue weighted by Gasteiger charge is -2.43. The number of ether oxygens (including phenoxy) is 1. The molecule has 0 bridgehead atoms. The Balaban J connectivity index is 1.19. The first-order valence-corrected chi connectivity index (χ1v) is 19.7. The van der Waals surface area contributed by atoms with Crippen molar-refractivity contribution in [3.8, 4) is 5.75 Å². The summed E-state index contributed by atoms with van der Waals surface area (Å²) in [5.41, 5.74) is 5.44. The SMILES string of the molecule is CCc1cc(Nc2ncc(Br)c(Nc3ccc(C4CC4)cc3P(C)(C)=O)n2)c(OC)cc1N1CCC(N2CCN(C)CC2)CC1. The number of benzene rings is 2. The van der Waals surface area contributed by atoms with Gasteiger partial charge in [-0.2, -0.15) is 4.98 Å². The molecule has 6 rings (SSSR count). The second-order valence-corrected chi connectivity index (χ2v) is 17.2. The van der Waals surface area contributed by atoms with E-state index in [2.05, 4.69) is 84.5 Å². The number of hydrogen-bond acceptors (Lipinski definition) is 9. The van der Waals surface area contributed by atoms with Gasteiger partial charge >= 0.3 is 0 Å². The number of nitrogens with zero attached hydrogens (tertiary/aromatic N) is 5. The summed E-state index contributed by atoms with van der Waals surface area (Å²) in [6.07, 6.45) is 7.43. The third kappa shape index (κ3) is 7.51. The molecule has 3 aromatic rings. The van der Waals surface area contributed by atoms with Crippen LogP contribution in [0.15, 0.2) is 41.0 Å².